The van der Waals surface area contributed by atoms with Crippen molar-refractivity contribution in [1.29, 1.82) is 0 Å². The van der Waals surface area contributed by atoms with E-state index in [1.54, 1.807) is 13.8 Å². The van der Waals surface area contributed by atoms with Gasteiger partial charge in [0.2, 0.25) is 0 Å². The maximum absolute atomic E-state index is 17.8. The number of allylic oxidation sites excluding steroid dienone is 9. The number of carbonyl (C=O) groups is 1. The Morgan fingerprint density at radius 3 is 2.47 bits per heavy atom. The predicted molar refractivity (Wildman–Crippen MR) is 334 cm³/mol. The molecule has 488 valence electrons. The van der Waals surface area contributed by atoms with Gasteiger partial charge in [-0.1, -0.05) is 74.6 Å². The Hall–Kier alpha value is -3.03. The van der Waals surface area contributed by atoms with Crippen molar-refractivity contribution in [2.75, 3.05) is 13.2 Å². The Morgan fingerprint density at radius 1 is 0.854 bits per heavy atom. The smallest absolute Gasteiger partial charge is 0.189 e. The zero-order chi connectivity index (χ0) is 61.7. The number of aliphatic hydroxyl groups excluding tert-OH is 5. The highest BCUT2D eigenvalue weighted by atomic mass is 16.5. The van der Waals surface area contributed by atoms with Crippen molar-refractivity contribution in [2.24, 2.45) is 98.9 Å². The van der Waals surface area contributed by atoms with Crippen molar-refractivity contribution in [3.05, 3.63) is 81.8 Å². The maximum atomic E-state index is 17.8. The molecule has 15 heteroatoms. The first-order valence-electron chi connectivity index (χ1n) is 36.0. The molecule has 17 aliphatic rings. The average Bonchev–Trinajstić information content (AvgIpc) is 1.63. The van der Waals surface area contributed by atoms with Crippen molar-refractivity contribution >= 4 is 5.78 Å². The fourth-order valence-electron chi connectivity index (χ4n) is 26.3. The molecule has 0 radical (unpaired) electrons. The number of hydrogen-bond acceptors (Lipinski definition) is 15. The van der Waals surface area contributed by atoms with Crippen LogP contribution in [0.5, 0.6) is 0 Å². The largest absolute Gasteiger partial charge is 0.396 e. The van der Waals surface area contributed by atoms with Crippen LogP contribution in [-0.2, 0) is 14.3 Å². The molecular formula is C74H105N3O12. The van der Waals surface area contributed by atoms with E-state index in [4.69, 9.17) is 15.2 Å². The van der Waals surface area contributed by atoms with E-state index < -0.39 is 111 Å². The minimum atomic E-state index is -1.99. The third kappa shape index (κ3) is 8.15. The lowest BCUT2D eigenvalue weighted by Crippen LogP contribution is -2.79. The zero-order valence-corrected chi connectivity index (χ0v) is 53.2. The molecule has 3 spiro atoms. The first kappa shape index (κ1) is 60.9. The van der Waals surface area contributed by atoms with Gasteiger partial charge >= 0.3 is 0 Å². The average molecular weight is 1230 g/mol. The number of aliphatic hydroxyl groups is 9. The molecule has 10 fully saturated rings. The number of carbonyl (C=O) groups excluding carboxylic acids is 1. The summed E-state index contributed by atoms with van der Waals surface area (Å²) in [5, 5.41) is 128. The Bertz CT molecular complexity index is 3090. The van der Waals surface area contributed by atoms with Crippen LogP contribution in [0, 0.1) is 93.2 Å². The molecule has 2 saturated heterocycles. The van der Waals surface area contributed by atoms with Crippen molar-refractivity contribution in [2.45, 2.75) is 259 Å². The minimum Gasteiger partial charge on any atom is -0.396 e. The minimum absolute atomic E-state index is 0.000499. The zero-order valence-electron chi connectivity index (χ0n) is 53.2. The molecule has 3 heterocycles. The molecule has 1 unspecified atom stereocenters. The van der Waals surface area contributed by atoms with Gasteiger partial charge in [-0.05, 0) is 218 Å². The van der Waals surface area contributed by atoms with E-state index in [0.717, 1.165) is 88.3 Å². The van der Waals surface area contributed by atoms with Crippen LogP contribution in [0.3, 0.4) is 0 Å². The summed E-state index contributed by atoms with van der Waals surface area (Å²) < 4.78 is 14.7. The lowest BCUT2D eigenvalue weighted by Gasteiger charge is -2.75. The molecule has 29 atom stereocenters. The number of ether oxygens (including phenoxy) is 2. The third-order valence-corrected chi connectivity index (χ3v) is 29.3. The number of hydrogen-bond donors (Lipinski definition) is 12. The fourth-order valence-corrected chi connectivity index (χ4v) is 26.3. The SMILES string of the molecule is CCC[C@@H]1CC[C@H]2[C@H]3[C@@H](O[C@@H]2CC1)[C@@](O)([C@](C)(O)[C@H]1CC[C@@]2(O)C4=C(NC[C@H](C)O)C(=O)[C@]56/C=C/[C@@H]7C8=C9C(=CC8)[C@H]8CCC[C@@H]8O[C@@H]9C[C@@H]8CC[C@@H](C[C@H]87)[C@@]12C[C@@]1(O)C=C[C@H](C2=C(CCCO)NC(N)C=C2)[C@H]2CC[C@H]5[C@@H](O)[C@@H](O)C[C@@]26[C@H]41)CCC[C@@H]3O. The molecule has 0 aromatic carbocycles. The molecule has 0 aromatic heterocycles. The first-order chi connectivity index (χ1) is 42.7. The molecule has 89 heavy (non-hydrogen) atoms. The van der Waals surface area contributed by atoms with Crippen LogP contribution in [0.25, 0.3) is 0 Å². The monoisotopic (exact) mass is 1230 g/mol. The van der Waals surface area contributed by atoms with Gasteiger partial charge in [0, 0.05) is 65.2 Å². The van der Waals surface area contributed by atoms with Crippen LogP contribution in [0.15, 0.2) is 81.8 Å². The molecule has 17 rings (SSSR count). The Kier molecular flexibility index (Phi) is 14.7. The van der Waals surface area contributed by atoms with Gasteiger partial charge in [0.1, 0.15) is 5.60 Å². The van der Waals surface area contributed by atoms with E-state index in [2.05, 4.69) is 47.9 Å². The summed E-state index contributed by atoms with van der Waals surface area (Å²) in [6.07, 6.45) is 25.7. The third-order valence-electron chi connectivity index (χ3n) is 29.3. The van der Waals surface area contributed by atoms with Gasteiger partial charge in [0.15, 0.2) is 5.78 Å². The summed E-state index contributed by atoms with van der Waals surface area (Å²) in [5.74, 6) is -3.82. The van der Waals surface area contributed by atoms with Gasteiger partial charge < -0.3 is 71.8 Å². The molecule has 0 amide bonds. The van der Waals surface area contributed by atoms with Crippen LogP contribution >= 0.6 is 0 Å². The van der Waals surface area contributed by atoms with Crippen molar-refractivity contribution in [3.8, 4) is 0 Å². The second-order valence-electron chi connectivity index (χ2n) is 32.8. The van der Waals surface area contributed by atoms with E-state index in [-0.39, 0.29) is 105 Å². The number of fused-ring (bicyclic) bond motifs is 6. The summed E-state index contributed by atoms with van der Waals surface area (Å²) in [7, 11) is 0. The second kappa shape index (κ2) is 21.5. The van der Waals surface area contributed by atoms with Crippen molar-refractivity contribution < 1.29 is 60.2 Å². The number of ketones is 1. The highest BCUT2D eigenvalue weighted by Gasteiger charge is 2.85. The number of rotatable bonds is 11. The van der Waals surface area contributed by atoms with E-state index in [1.807, 2.05) is 12.2 Å². The fraction of sp³-hybridized carbons (Fsp3) is 0.797. The van der Waals surface area contributed by atoms with Crippen molar-refractivity contribution in [1.82, 2.24) is 10.6 Å². The van der Waals surface area contributed by atoms with Gasteiger partial charge in [-0.3, -0.25) is 4.79 Å². The van der Waals surface area contributed by atoms with Crippen LogP contribution in [0.2, 0.25) is 0 Å². The van der Waals surface area contributed by atoms with Crippen LogP contribution < -0.4 is 16.4 Å². The van der Waals surface area contributed by atoms with E-state index >= 15 is 15.0 Å². The first-order valence-corrected chi connectivity index (χ1v) is 36.0. The molecule has 9 bridgehead atoms. The van der Waals surface area contributed by atoms with Crippen LogP contribution in [0.1, 0.15) is 181 Å². The molecule has 15 nitrogen and oxygen atoms in total. The molecule has 3 aliphatic heterocycles. The Labute approximate surface area is 526 Å². The summed E-state index contributed by atoms with van der Waals surface area (Å²) >= 11 is 0. The predicted octanol–water partition coefficient (Wildman–Crippen LogP) is 7.29. The van der Waals surface area contributed by atoms with E-state index in [9.17, 15) is 35.7 Å². The van der Waals surface area contributed by atoms with Gasteiger partial charge in [0.05, 0.1) is 82.9 Å². The molecule has 14 aliphatic carbocycles. The summed E-state index contributed by atoms with van der Waals surface area (Å²) in [4.78, 5) is 17.8. The Morgan fingerprint density at radius 2 is 1.66 bits per heavy atom. The highest BCUT2D eigenvalue weighted by Crippen LogP contribution is 2.82. The molecule has 0 aromatic rings. The van der Waals surface area contributed by atoms with E-state index in [0.29, 0.717) is 68.8 Å². The number of nitrogens with one attached hydrogen (secondary N) is 2. The second-order valence-corrected chi connectivity index (χ2v) is 32.8. The molecule has 13 N–H and O–H groups in total. The quantitative estimate of drug-likeness (QED) is 0.0907. The van der Waals surface area contributed by atoms with E-state index in [1.165, 1.54) is 16.7 Å². The number of dihydropyridines is 1. The lowest BCUT2D eigenvalue weighted by atomic mass is 9.29. The summed E-state index contributed by atoms with van der Waals surface area (Å²) in [5.41, 5.74) is 1.08. The maximum Gasteiger partial charge on any atom is 0.189 e. The number of nitrogens with two attached hydrogens (primary N) is 1. The van der Waals surface area contributed by atoms with Crippen LogP contribution in [0.4, 0.5) is 0 Å². The Balaban J connectivity index is 0.967. The highest BCUT2D eigenvalue weighted by molar-refractivity contribution is 6.05. The molecule has 8 saturated carbocycles. The molecular weight excluding hydrogens is 1120 g/mol. The van der Waals surface area contributed by atoms with Gasteiger partial charge in [0.25, 0.3) is 0 Å². The van der Waals surface area contributed by atoms with Gasteiger partial charge in [-0.15, -0.1) is 0 Å². The van der Waals surface area contributed by atoms with Gasteiger partial charge in [-0.2, -0.15) is 0 Å². The normalized spacial score (nSPS) is 52.7. The van der Waals surface area contributed by atoms with Gasteiger partial charge in [-0.25, -0.2) is 0 Å². The summed E-state index contributed by atoms with van der Waals surface area (Å²) in [6.45, 7) is 5.63. The lowest BCUT2D eigenvalue weighted by molar-refractivity contribution is -0.290. The summed E-state index contributed by atoms with van der Waals surface area (Å²) in [6, 6.07) is 0. The topological polar surface area (TPSA) is 268 Å². The van der Waals surface area contributed by atoms with Crippen molar-refractivity contribution in [3.63, 3.8) is 0 Å². The number of Topliss-reactive ketones (excluding diaryl/α,β-unsaturated/α-hetero) is 1. The standard InChI is InChI=1S/C74H105N3O12/c1-4-8-39-13-17-48-56(23-14-39)89-67-61(48)53(80)11-6-28-74(67,87)68(3,84)58-27-31-73(86)62-63(76-36-38(2)79)66(83)70-30-26-42-46-18-19-47-45-9-5-12-55(45)88-57(60(46)47)33-40-15-16-41(34-49(40)42)72(58,73)37-69(85)29-25-43(44-20-24-59(75)77-52(44)10-7-32-78)50-21-22-51(70)64(82)54(81)35-71(50,70)65(62)69/h19-20,24-26,29-30,38-43,45,48-51,53-59,61,64-65,67,76-82,84-87H,4-18,21-23,27-28,31-37,75H2,1-3H3/b30-26+/t38-,39+,40-,41-,42+,43+,45+,48+,49+,50+,51-,53-,54-,55-,56+,57+,58+,59?,61+,64+,65+,67+,68+,69-,70-,71-,72-,73+,74+/m0/s1. The van der Waals surface area contributed by atoms with Crippen LogP contribution in [-0.4, -0.2) is 142 Å².